The third-order valence-corrected chi connectivity index (χ3v) is 1.36. The van der Waals surface area contributed by atoms with Crippen LogP contribution >= 0.6 is 11.6 Å². The van der Waals surface area contributed by atoms with Gasteiger partial charge in [-0.2, -0.15) is 0 Å². The molecular formula is C11H14ClNO. The van der Waals surface area contributed by atoms with Gasteiger partial charge in [-0.05, 0) is 18.2 Å². The summed E-state index contributed by atoms with van der Waals surface area (Å²) in [6, 6.07) is 5.73. The number of pyridine rings is 1. The summed E-state index contributed by atoms with van der Waals surface area (Å²) in [6.07, 6.45) is 4.85. The molecule has 0 radical (unpaired) electrons. The van der Waals surface area contributed by atoms with Gasteiger partial charge in [0.15, 0.2) is 0 Å². The molecule has 76 valence electrons. The molecule has 0 aromatic carbocycles. The molecule has 1 rings (SSSR count). The Morgan fingerprint density at radius 1 is 1.43 bits per heavy atom. The highest BCUT2D eigenvalue weighted by molar-refractivity contribution is 6.17. The van der Waals surface area contributed by atoms with Gasteiger partial charge in [0.2, 0.25) is 0 Å². The molecule has 0 aliphatic heterocycles. The Morgan fingerprint density at radius 3 is 2.50 bits per heavy atom. The molecule has 1 heterocycles. The van der Waals surface area contributed by atoms with Crippen LogP contribution in [-0.4, -0.2) is 17.5 Å². The highest BCUT2D eigenvalue weighted by Gasteiger charge is 1.77. The standard InChI is InChI=1S/C7H7N.C4H7ClO/c1-2-7-5-3-4-6-8-7;1-2-6-4-3-5/h2-6H,1H2;2H,1,3-4H2. The normalized spacial score (nSPS) is 8.07. The largest absolute Gasteiger partial charge is 0.501 e. The number of halogens is 1. The van der Waals surface area contributed by atoms with Crippen LogP contribution in [0.15, 0.2) is 43.8 Å². The van der Waals surface area contributed by atoms with Crippen LogP contribution < -0.4 is 0 Å². The maximum atomic E-state index is 5.21. The molecule has 0 bridgehead atoms. The molecule has 0 N–H and O–H groups in total. The number of nitrogens with zero attached hydrogens (tertiary/aromatic N) is 1. The zero-order chi connectivity index (χ0) is 10.6. The minimum Gasteiger partial charge on any atom is -0.501 e. The molecule has 0 unspecified atom stereocenters. The molecule has 0 aliphatic rings. The number of rotatable bonds is 4. The van der Waals surface area contributed by atoms with Crippen LogP contribution in [0.2, 0.25) is 0 Å². The summed E-state index contributed by atoms with van der Waals surface area (Å²) in [5.74, 6) is 0.534. The predicted molar refractivity (Wildman–Crippen MR) is 61.2 cm³/mol. The number of hydrogen-bond donors (Lipinski definition) is 0. The Labute approximate surface area is 89.9 Å². The summed E-state index contributed by atoms with van der Waals surface area (Å²) in [4.78, 5) is 3.98. The van der Waals surface area contributed by atoms with Crippen molar-refractivity contribution in [3.8, 4) is 0 Å². The molecule has 0 atom stereocenters. The average molecular weight is 212 g/mol. The van der Waals surface area contributed by atoms with E-state index in [1.807, 2.05) is 18.2 Å². The molecule has 14 heavy (non-hydrogen) atoms. The molecule has 0 saturated carbocycles. The first-order chi connectivity index (χ1) is 6.85. The van der Waals surface area contributed by atoms with E-state index in [4.69, 9.17) is 11.6 Å². The van der Waals surface area contributed by atoms with Crippen molar-refractivity contribution < 1.29 is 4.74 Å². The third-order valence-electron chi connectivity index (χ3n) is 1.21. The fourth-order valence-corrected chi connectivity index (χ4v) is 0.714. The molecule has 0 fully saturated rings. The molecule has 1 aromatic heterocycles. The van der Waals surface area contributed by atoms with Crippen LogP contribution in [0.3, 0.4) is 0 Å². The van der Waals surface area contributed by atoms with Gasteiger partial charge in [-0.15, -0.1) is 11.6 Å². The van der Waals surface area contributed by atoms with Crippen molar-refractivity contribution in [1.29, 1.82) is 0 Å². The first-order valence-electron chi connectivity index (χ1n) is 4.17. The summed E-state index contributed by atoms with van der Waals surface area (Å²) in [5.41, 5.74) is 0.924. The second-order valence-corrected chi connectivity index (χ2v) is 2.56. The molecular weight excluding hydrogens is 198 g/mol. The van der Waals surface area contributed by atoms with Gasteiger partial charge in [-0.3, -0.25) is 4.98 Å². The zero-order valence-corrected chi connectivity index (χ0v) is 8.78. The predicted octanol–water partition coefficient (Wildman–Crippen LogP) is 3.11. The smallest absolute Gasteiger partial charge is 0.101 e. The van der Waals surface area contributed by atoms with Crippen molar-refractivity contribution >= 4 is 17.7 Å². The molecule has 3 heteroatoms. The number of aromatic nitrogens is 1. The van der Waals surface area contributed by atoms with E-state index in [0.717, 1.165) is 5.69 Å². The van der Waals surface area contributed by atoms with Gasteiger partial charge in [-0.1, -0.05) is 19.2 Å². The Balaban J connectivity index is 0.000000255. The van der Waals surface area contributed by atoms with E-state index in [1.54, 1.807) is 12.3 Å². The van der Waals surface area contributed by atoms with Crippen LogP contribution in [0, 0.1) is 0 Å². The van der Waals surface area contributed by atoms with Crippen molar-refractivity contribution in [2.45, 2.75) is 0 Å². The molecule has 2 nitrogen and oxygen atoms in total. The van der Waals surface area contributed by atoms with Crippen LogP contribution in [-0.2, 0) is 4.74 Å². The first-order valence-corrected chi connectivity index (χ1v) is 4.70. The summed E-state index contributed by atoms with van der Waals surface area (Å²) >= 11 is 5.21. The molecule has 0 saturated heterocycles. The van der Waals surface area contributed by atoms with Crippen molar-refractivity contribution in [3.05, 3.63) is 49.5 Å². The summed E-state index contributed by atoms with van der Waals surface area (Å²) in [5, 5.41) is 0. The monoisotopic (exact) mass is 211 g/mol. The fourth-order valence-electron chi connectivity index (χ4n) is 0.625. The van der Waals surface area contributed by atoms with Crippen molar-refractivity contribution in [2.24, 2.45) is 0 Å². The van der Waals surface area contributed by atoms with Crippen LogP contribution in [0.1, 0.15) is 5.69 Å². The highest BCUT2D eigenvalue weighted by Crippen LogP contribution is 1.91. The van der Waals surface area contributed by atoms with Gasteiger partial charge >= 0.3 is 0 Å². The topological polar surface area (TPSA) is 22.1 Å². The lowest BCUT2D eigenvalue weighted by molar-refractivity contribution is 0.273. The lowest BCUT2D eigenvalue weighted by Crippen LogP contribution is -1.84. The number of hydrogen-bond acceptors (Lipinski definition) is 2. The maximum Gasteiger partial charge on any atom is 0.101 e. The van der Waals surface area contributed by atoms with E-state index in [0.29, 0.717) is 12.5 Å². The number of ether oxygens (including phenoxy) is 1. The Hall–Kier alpha value is -1.28. The summed E-state index contributed by atoms with van der Waals surface area (Å²) in [7, 11) is 0. The van der Waals surface area contributed by atoms with Gasteiger partial charge in [-0.25, -0.2) is 0 Å². The fraction of sp³-hybridized carbons (Fsp3) is 0.182. The van der Waals surface area contributed by atoms with Crippen LogP contribution in [0.25, 0.3) is 6.08 Å². The molecule has 0 spiro atoms. The molecule has 0 amide bonds. The van der Waals surface area contributed by atoms with E-state index in [1.165, 1.54) is 6.26 Å². The average Bonchev–Trinajstić information content (AvgIpc) is 2.28. The minimum atomic E-state index is 0.534. The van der Waals surface area contributed by atoms with Crippen LogP contribution in [0.5, 0.6) is 0 Å². The second kappa shape index (κ2) is 9.81. The Kier molecular flexibility index (Phi) is 8.91. The quantitative estimate of drug-likeness (QED) is 0.434. The second-order valence-electron chi connectivity index (χ2n) is 2.19. The number of alkyl halides is 1. The van der Waals surface area contributed by atoms with Crippen molar-refractivity contribution in [2.75, 3.05) is 12.5 Å². The lowest BCUT2D eigenvalue weighted by Gasteiger charge is -1.89. The lowest BCUT2D eigenvalue weighted by atomic mass is 10.4. The summed E-state index contributed by atoms with van der Waals surface area (Å²) < 4.78 is 4.61. The van der Waals surface area contributed by atoms with E-state index in [-0.39, 0.29) is 0 Å². The van der Waals surface area contributed by atoms with Gasteiger partial charge in [0.05, 0.1) is 17.8 Å². The molecule has 0 aliphatic carbocycles. The van der Waals surface area contributed by atoms with Gasteiger partial charge in [0.1, 0.15) is 6.61 Å². The zero-order valence-electron chi connectivity index (χ0n) is 8.03. The SMILES string of the molecule is C=COCCCl.C=Cc1ccccn1. The Morgan fingerprint density at radius 2 is 2.21 bits per heavy atom. The third kappa shape index (κ3) is 7.37. The van der Waals surface area contributed by atoms with E-state index in [9.17, 15) is 0 Å². The van der Waals surface area contributed by atoms with Gasteiger partial charge in [0.25, 0.3) is 0 Å². The van der Waals surface area contributed by atoms with Crippen LogP contribution in [0.4, 0.5) is 0 Å². The Bertz CT molecular complexity index is 249. The minimum absolute atomic E-state index is 0.534. The highest BCUT2D eigenvalue weighted by atomic mass is 35.5. The van der Waals surface area contributed by atoms with Gasteiger partial charge < -0.3 is 4.74 Å². The molecule has 1 aromatic rings. The summed E-state index contributed by atoms with van der Waals surface area (Å²) in [6.45, 7) is 7.45. The van der Waals surface area contributed by atoms with Gasteiger partial charge in [0, 0.05) is 6.20 Å². The first kappa shape index (κ1) is 12.7. The van der Waals surface area contributed by atoms with Crippen molar-refractivity contribution in [1.82, 2.24) is 4.98 Å². The van der Waals surface area contributed by atoms with E-state index >= 15 is 0 Å². The van der Waals surface area contributed by atoms with Crippen molar-refractivity contribution in [3.63, 3.8) is 0 Å². The maximum absolute atomic E-state index is 5.21. The van der Waals surface area contributed by atoms with E-state index in [2.05, 4.69) is 22.9 Å². The van der Waals surface area contributed by atoms with E-state index < -0.39 is 0 Å².